The van der Waals surface area contributed by atoms with Crippen LogP contribution in [0.1, 0.15) is 58.6 Å². The van der Waals surface area contributed by atoms with Crippen molar-refractivity contribution in [1.29, 1.82) is 5.41 Å². The van der Waals surface area contributed by atoms with Crippen LogP contribution in [0.15, 0.2) is 18.2 Å². The number of hydrogen-bond acceptors (Lipinski definition) is 4. The minimum Gasteiger partial charge on any atom is -0.487 e. The number of halogens is 1. The van der Waals surface area contributed by atoms with Crippen LogP contribution in [-0.2, 0) is 9.59 Å². The standard InChI is InChI=1S/C22H29FN4O3/c1-21(2)10-17(28)27(20(24)26-21)11-12-8-13(12)19(29)25-15-9-22(3,4)30-16-7-5-6-14(23)18(15)16/h5-7,12-13,15H,8-11H2,1-4H3,(H2,24,26)(H,25,29)/t12?,13-,15?/m1/s1. The molecule has 1 saturated carbocycles. The highest BCUT2D eigenvalue weighted by Crippen LogP contribution is 2.43. The lowest BCUT2D eigenvalue weighted by Gasteiger charge is -2.38. The number of guanidine groups is 1. The van der Waals surface area contributed by atoms with Crippen LogP contribution in [0, 0.1) is 23.1 Å². The summed E-state index contributed by atoms with van der Waals surface area (Å²) in [6, 6.07) is 4.24. The van der Waals surface area contributed by atoms with Crippen molar-refractivity contribution in [2.45, 2.75) is 64.1 Å². The fourth-order valence-electron chi connectivity index (χ4n) is 4.51. The van der Waals surface area contributed by atoms with Gasteiger partial charge in [-0.3, -0.25) is 19.9 Å². The van der Waals surface area contributed by atoms with E-state index in [4.69, 9.17) is 10.1 Å². The Morgan fingerprint density at radius 2 is 2.10 bits per heavy atom. The van der Waals surface area contributed by atoms with Crippen molar-refractivity contribution >= 4 is 17.8 Å². The summed E-state index contributed by atoms with van der Waals surface area (Å²) >= 11 is 0. The second-order valence-corrected chi connectivity index (χ2v) is 9.92. The minimum atomic E-state index is -0.518. The van der Waals surface area contributed by atoms with E-state index in [9.17, 15) is 14.0 Å². The van der Waals surface area contributed by atoms with Gasteiger partial charge in [0.15, 0.2) is 5.96 Å². The molecule has 8 heteroatoms. The van der Waals surface area contributed by atoms with Crippen molar-refractivity contribution in [2.24, 2.45) is 11.8 Å². The number of rotatable bonds is 4. The third-order valence-electron chi connectivity index (χ3n) is 6.06. The minimum absolute atomic E-state index is 0.00486. The predicted molar refractivity (Wildman–Crippen MR) is 109 cm³/mol. The first kappa shape index (κ1) is 20.6. The monoisotopic (exact) mass is 416 g/mol. The Labute approximate surface area is 175 Å². The van der Waals surface area contributed by atoms with E-state index < -0.39 is 17.2 Å². The van der Waals surface area contributed by atoms with Crippen LogP contribution in [0.3, 0.4) is 0 Å². The molecule has 3 N–H and O–H groups in total. The fraction of sp³-hybridized carbons (Fsp3) is 0.591. The molecule has 3 aliphatic rings. The number of nitrogens with zero attached hydrogens (tertiary/aromatic N) is 1. The van der Waals surface area contributed by atoms with Crippen LogP contribution in [0.25, 0.3) is 0 Å². The predicted octanol–water partition coefficient (Wildman–Crippen LogP) is 2.72. The Morgan fingerprint density at radius 3 is 2.80 bits per heavy atom. The number of nitrogens with one attached hydrogen (secondary N) is 3. The van der Waals surface area contributed by atoms with Crippen molar-refractivity contribution in [3.8, 4) is 5.75 Å². The largest absolute Gasteiger partial charge is 0.487 e. The van der Waals surface area contributed by atoms with E-state index in [1.807, 2.05) is 27.7 Å². The molecule has 7 nitrogen and oxygen atoms in total. The Kier molecular flexibility index (Phi) is 4.78. The van der Waals surface area contributed by atoms with Crippen LogP contribution < -0.4 is 15.4 Å². The number of benzene rings is 1. The van der Waals surface area contributed by atoms with Crippen LogP contribution in [0.4, 0.5) is 4.39 Å². The first-order chi connectivity index (χ1) is 14.0. The molecule has 2 heterocycles. The first-order valence-corrected chi connectivity index (χ1v) is 10.4. The smallest absolute Gasteiger partial charge is 0.231 e. The molecular formula is C22H29FN4O3. The Morgan fingerprint density at radius 1 is 1.37 bits per heavy atom. The average molecular weight is 416 g/mol. The molecule has 4 rings (SSSR count). The van der Waals surface area contributed by atoms with E-state index in [1.54, 1.807) is 12.1 Å². The van der Waals surface area contributed by atoms with E-state index in [1.165, 1.54) is 11.0 Å². The molecule has 1 saturated heterocycles. The van der Waals surface area contributed by atoms with Crippen molar-refractivity contribution < 1.29 is 18.7 Å². The van der Waals surface area contributed by atoms with Gasteiger partial charge in [-0.05, 0) is 52.2 Å². The molecule has 0 bridgehead atoms. The number of carbonyl (C=O) groups excluding carboxylic acids is 2. The molecule has 1 aromatic carbocycles. The van der Waals surface area contributed by atoms with Gasteiger partial charge in [-0.1, -0.05) is 6.07 Å². The summed E-state index contributed by atoms with van der Waals surface area (Å²) in [4.78, 5) is 26.7. The quantitative estimate of drug-likeness (QED) is 0.703. The average Bonchev–Trinajstić information content (AvgIpc) is 3.35. The highest BCUT2D eigenvalue weighted by Gasteiger charge is 2.48. The van der Waals surface area contributed by atoms with E-state index >= 15 is 0 Å². The van der Waals surface area contributed by atoms with Gasteiger partial charge in [-0.15, -0.1) is 0 Å². The van der Waals surface area contributed by atoms with Crippen molar-refractivity contribution in [3.05, 3.63) is 29.6 Å². The van der Waals surface area contributed by atoms with E-state index in [-0.39, 0.29) is 35.4 Å². The van der Waals surface area contributed by atoms with Gasteiger partial charge in [0.2, 0.25) is 11.8 Å². The first-order valence-electron chi connectivity index (χ1n) is 10.4. The lowest BCUT2D eigenvalue weighted by atomic mass is 9.89. The van der Waals surface area contributed by atoms with E-state index in [0.29, 0.717) is 37.1 Å². The van der Waals surface area contributed by atoms with Crippen molar-refractivity contribution in [3.63, 3.8) is 0 Å². The Bertz CT molecular complexity index is 894. The lowest BCUT2D eigenvalue weighted by molar-refractivity contribution is -0.131. The molecule has 2 aliphatic heterocycles. The molecule has 2 amide bonds. The number of carbonyl (C=O) groups is 2. The number of ether oxygens (including phenoxy) is 1. The summed E-state index contributed by atoms with van der Waals surface area (Å²) in [7, 11) is 0. The van der Waals surface area contributed by atoms with Gasteiger partial charge in [0.1, 0.15) is 17.2 Å². The van der Waals surface area contributed by atoms with Crippen LogP contribution >= 0.6 is 0 Å². The molecule has 0 radical (unpaired) electrons. The maximum atomic E-state index is 14.5. The molecule has 3 atom stereocenters. The third-order valence-corrected chi connectivity index (χ3v) is 6.06. The SMILES string of the molecule is CC1(C)CC(=O)N(CC2C[C@H]2C(=O)NC2CC(C)(C)Oc3cccc(F)c32)C(=N)N1. The van der Waals surface area contributed by atoms with Crippen LogP contribution in [-0.4, -0.2) is 40.4 Å². The molecule has 2 fully saturated rings. The van der Waals surface area contributed by atoms with Gasteiger partial charge in [0.25, 0.3) is 0 Å². The van der Waals surface area contributed by atoms with Gasteiger partial charge in [0.05, 0.1) is 11.6 Å². The van der Waals surface area contributed by atoms with Gasteiger partial charge in [-0.25, -0.2) is 4.39 Å². The number of amides is 2. The zero-order chi connectivity index (χ0) is 21.8. The molecular weight excluding hydrogens is 387 g/mol. The molecule has 2 unspecified atom stereocenters. The topological polar surface area (TPSA) is 94.5 Å². The lowest BCUT2D eigenvalue weighted by Crippen LogP contribution is -2.60. The van der Waals surface area contributed by atoms with Gasteiger partial charge < -0.3 is 15.4 Å². The van der Waals surface area contributed by atoms with Crippen LogP contribution in [0.5, 0.6) is 5.75 Å². The van der Waals surface area contributed by atoms with E-state index in [2.05, 4.69) is 10.6 Å². The van der Waals surface area contributed by atoms with Crippen LogP contribution in [0.2, 0.25) is 0 Å². The summed E-state index contributed by atoms with van der Waals surface area (Å²) < 4.78 is 20.4. The normalized spacial score (nSPS) is 28.8. The second kappa shape index (κ2) is 6.96. The number of hydrogen-bond donors (Lipinski definition) is 3. The summed E-state index contributed by atoms with van der Waals surface area (Å²) in [6.45, 7) is 7.96. The summed E-state index contributed by atoms with van der Waals surface area (Å²) in [5.74, 6) is -0.304. The number of fused-ring (bicyclic) bond motifs is 1. The second-order valence-electron chi connectivity index (χ2n) is 9.92. The third kappa shape index (κ3) is 4.00. The van der Waals surface area contributed by atoms with Gasteiger partial charge in [-0.2, -0.15) is 0 Å². The molecule has 0 spiro atoms. The van der Waals surface area contributed by atoms with Crippen molar-refractivity contribution in [2.75, 3.05) is 6.54 Å². The highest BCUT2D eigenvalue weighted by atomic mass is 19.1. The zero-order valence-corrected chi connectivity index (χ0v) is 17.8. The fourth-order valence-corrected chi connectivity index (χ4v) is 4.51. The molecule has 1 aliphatic carbocycles. The van der Waals surface area contributed by atoms with Crippen molar-refractivity contribution in [1.82, 2.24) is 15.5 Å². The Hall–Kier alpha value is -2.64. The summed E-state index contributed by atoms with van der Waals surface area (Å²) in [5, 5.41) is 14.2. The molecule has 30 heavy (non-hydrogen) atoms. The Balaban J connectivity index is 1.41. The summed E-state index contributed by atoms with van der Waals surface area (Å²) in [5.41, 5.74) is -0.560. The van der Waals surface area contributed by atoms with Gasteiger partial charge >= 0.3 is 0 Å². The highest BCUT2D eigenvalue weighted by molar-refractivity contribution is 5.99. The summed E-state index contributed by atoms with van der Waals surface area (Å²) in [6.07, 6.45) is 1.44. The molecule has 162 valence electrons. The molecule has 1 aromatic rings. The zero-order valence-electron chi connectivity index (χ0n) is 17.8. The molecule has 0 aromatic heterocycles. The maximum Gasteiger partial charge on any atom is 0.231 e. The van der Waals surface area contributed by atoms with Gasteiger partial charge in [0, 0.05) is 30.8 Å². The maximum absolute atomic E-state index is 14.5. The van der Waals surface area contributed by atoms with E-state index in [0.717, 1.165) is 0 Å².